The maximum atomic E-state index is 10.6. The van der Waals surface area contributed by atoms with Gasteiger partial charge in [0.15, 0.2) is 0 Å². The van der Waals surface area contributed by atoms with E-state index in [1.807, 2.05) is 0 Å². The zero-order chi connectivity index (χ0) is 15.0. The van der Waals surface area contributed by atoms with Crippen molar-refractivity contribution in [3.8, 4) is 11.5 Å². The van der Waals surface area contributed by atoms with Crippen molar-refractivity contribution >= 4 is 34.2 Å². The highest BCUT2D eigenvalue weighted by Crippen LogP contribution is 2.33. The number of hydrogen-bond acceptors (Lipinski definition) is 5. The highest BCUT2D eigenvalue weighted by Gasteiger charge is 2.11. The van der Waals surface area contributed by atoms with Gasteiger partial charge < -0.3 is 24.1 Å². The van der Waals surface area contributed by atoms with Crippen LogP contribution in [0.25, 0.3) is 21.9 Å². The first-order valence-electron chi connectivity index (χ1n) is 5.81. The van der Waals surface area contributed by atoms with Gasteiger partial charge >= 0.3 is 12.3 Å². The molecular weight excluding hydrogens is 280 g/mol. The minimum atomic E-state index is -1.42. The van der Waals surface area contributed by atoms with Crippen molar-refractivity contribution in [3.63, 3.8) is 0 Å². The van der Waals surface area contributed by atoms with Crippen LogP contribution >= 0.6 is 0 Å². The lowest BCUT2D eigenvalue weighted by atomic mass is 10.1. The molecule has 0 amide bonds. The Morgan fingerprint density at radius 1 is 0.810 bits per heavy atom. The molecule has 106 valence electrons. The summed E-state index contributed by atoms with van der Waals surface area (Å²) in [5, 5.41) is 18.4. The standard InChI is InChI=1S/C14H8O7/c15-13(16)19-7-1-3-11-9(5-7)10-6-8(20-14(17)18)2-4-12(10)21-11/h1-6H,(H,15,16)(H,17,18). The maximum absolute atomic E-state index is 10.6. The Bertz CT molecular complexity index is 792. The van der Waals surface area contributed by atoms with Gasteiger partial charge in [0.25, 0.3) is 0 Å². The molecule has 0 saturated heterocycles. The third-order valence-electron chi connectivity index (χ3n) is 2.82. The fraction of sp³-hybridized carbons (Fsp3) is 0. The highest BCUT2D eigenvalue weighted by molar-refractivity contribution is 6.06. The van der Waals surface area contributed by atoms with E-state index < -0.39 is 12.3 Å². The van der Waals surface area contributed by atoms with Crippen molar-refractivity contribution in [3.05, 3.63) is 36.4 Å². The van der Waals surface area contributed by atoms with Crippen molar-refractivity contribution in [2.24, 2.45) is 0 Å². The molecular formula is C14H8O7. The first-order valence-corrected chi connectivity index (χ1v) is 5.81. The van der Waals surface area contributed by atoms with Crippen LogP contribution in [-0.2, 0) is 0 Å². The number of ether oxygens (including phenoxy) is 2. The number of furan rings is 1. The Morgan fingerprint density at radius 2 is 1.24 bits per heavy atom. The van der Waals surface area contributed by atoms with Gasteiger partial charge in [-0.15, -0.1) is 0 Å². The monoisotopic (exact) mass is 288 g/mol. The Morgan fingerprint density at radius 3 is 1.62 bits per heavy atom. The number of carboxylic acid groups (broad SMARTS) is 2. The fourth-order valence-electron chi connectivity index (χ4n) is 2.06. The predicted octanol–water partition coefficient (Wildman–Crippen LogP) is 3.70. The quantitative estimate of drug-likeness (QED) is 0.547. The summed E-state index contributed by atoms with van der Waals surface area (Å²) in [5.41, 5.74) is 1.05. The predicted molar refractivity (Wildman–Crippen MR) is 71.0 cm³/mol. The third-order valence-corrected chi connectivity index (χ3v) is 2.82. The second kappa shape index (κ2) is 4.71. The van der Waals surface area contributed by atoms with Crippen LogP contribution in [0, 0.1) is 0 Å². The molecule has 1 heterocycles. The number of hydrogen-bond donors (Lipinski definition) is 2. The van der Waals surface area contributed by atoms with Crippen molar-refractivity contribution in [2.45, 2.75) is 0 Å². The molecule has 0 unspecified atom stereocenters. The second-order valence-corrected chi connectivity index (χ2v) is 4.15. The van der Waals surface area contributed by atoms with Gasteiger partial charge in [-0.05, 0) is 36.4 Å². The van der Waals surface area contributed by atoms with E-state index >= 15 is 0 Å². The molecule has 7 heteroatoms. The summed E-state index contributed by atoms with van der Waals surface area (Å²) in [6.45, 7) is 0. The first-order chi connectivity index (χ1) is 10.0. The molecule has 7 nitrogen and oxygen atoms in total. The van der Waals surface area contributed by atoms with Gasteiger partial charge in [0.2, 0.25) is 0 Å². The molecule has 0 aliphatic carbocycles. The molecule has 0 saturated carbocycles. The number of fused-ring (bicyclic) bond motifs is 3. The van der Waals surface area contributed by atoms with E-state index in [1.54, 1.807) is 12.1 Å². The molecule has 3 rings (SSSR count). The molecule has 0 aliphatic rings. The van der Waals surface area contributed by atoms with Crippen LogP contribution in [0.1, 0.15) is 0 Å². The van der Waals surface area contributed by atoms with E-state index in [2.05, 4.69) is 9.47 Å². The SMILES string of the molecule is O=C(O)Oc1ccc2oc3ccc(OC(=O)O)cc3c2c1. The number of rotatable bonds is 2. The highest BCUT2D eigenvalue weighted by atomic mass is 16.7. The van der Waals surface area contributed by atoms with Gasteiger partial charge in [-0.25, -0.2) is 9.59 Å². The van der Waals surface area contributed by atoms with Crippen molar-refractivity contribution in [2.75, 3.05) is 0 Å². The van der Waals surface area contributed by atoms with E-state index in [0.29, 0.717) is 21.9 Å². The van der Waals surface area contributed by atoms with Gasteiger partial charge in [-0.2, -0.15) is 0 Å². The van der Waals surface area contributed by atoms with Gasteiger partial charge in [0.05, 0.1) is 0 Å². The molecule has 0 bridgehead atoms. The molecule has 21 heavy (non-hydrogen) atoms. The van der Waals surface area contributed by atoms with Gasteiger partial charge in [0.1, 0.15) is 22.7 Å². The molecule has 0 radical (unpaired) electrons. The maximum Gasteiger partial charge on any atom is 0.511 e. The normalized spacial score (nSPS) is 10.7. The lowest BCUT2D eigenvalue weighted by Gasteiger charge is -2.00. The average Bonchev–Trinajstić information content (AvgIpc) is 2.75. The Balaban J connectivity index is 2.16. The third kappa shape index (κ3) is 2.44. The van der Waals surface area contributed by atoms with Gasteiger partial charge in [0, 0.05) is 10.8 Å². The molecule has 0 atom stereocenters. The molecule has 2 N–H and O–H groups in total. The molecule has 0 spiro atoms. The topological polar surface area (TPSA) is 106 Å². The zero-order valence-corrected chi connectivity index (χ0v) is 10.4. The van der Waals surface area contributed by atoms with Crippen LogP contribution in [0.15, 0.2) is 40.8 Å². The smallest absolute Gasteiger partial charge is 0.456 e. The van der Waals surface area contributed by atoms with Crippen LogP contribution in [0.4, 0.5) is 9.59 Å². The van der Waals surface area contributed by atoms with Crippen LogP contribution in [0.5, 0.6) is 11.5 Å². The second-order valence-electron chi connectivity index (χ2n) is 4.15. The zero-order valence-electron chi connectivity index (χ0n) is 10.4. The molecule has 0 fully saturated rings. The minimum absolute atomic E-state index is 0.141. The van der Waals surface area contributed by atoms with Crippen LogP contribution < -0.4 is 9.47 Å². The van der Waals surface area contributed by atoms with E-state index in [0.717, 1.165) is 0 Å². The average molecular weight is 288 g/mol. The lowest BCUT2D eigenvalue weighted by molar-refractivity contribution is 0.143. The summed E-state index contributed by atoms with van der Waals surface area (Å²) in [5.74, 6) is 0.282. The van der Waals surface area contributed by atoms with E-state index in [-0.39, 0.29) is 11.5 Å². The largest absolute Gasteiger partial charge is 0.511 e. The Kier molecular flexibility index (Phi) is 2.87. The molecule has 2 aromatic carbocycles. The Hall–Kier alpha value is -3.22. The van der Waals surface area contributed by atoms with Crippen LogP contribution in [0.3, 0.4) is 0 Å². The molecule has 0 aliphatic heterocycles. The summed E-state index contributed by atoms with van der Waals surface area (Å²) < 4.78 is 14.7. The van der Waals surface area contributed by atoms with E-state index in [9.17, 15) is 9.59 Å². The van der Waals surface area contributed by atoms with Crippen molar-refractivity contribution in [1.29, 1.82) is 0 Å². The fourth-order valence-corrected chi connectivity index (χ4v) is 2.06. The summed E-state index contributed by atoms with van der Waals surface area (Å²) >= 11 is 0. The lowest BCUT2D eigenvalue weighted by Crippen LogP contribution is -2.02. The number of benzene rings is 2. The molecule has 1 aromatic heterocycles. The van der Waals surface area contributed by atoms with E-state index in [1.165, 1.54) is 24.3 Å². The van der Waals surface area contributed by atoms with E-state index in [4.69, 9.17) is 14.6 Å². The first kappa shape index (κ1) is 12.8. The summed E-state index contributed by atoms with van der Waals surface area (Å²) in [6, 6.07) is 9.08. The Labute approximate surface area is 116 Å². The van der Waals surface area contributed by atoms with Crippen molar-refractivity contribution in [1.82, 2.24) is 0 Å². The van der Waals surface area contributed by atoms with Crippen LogP contribution in [0.2, 0.25) is 0 Å². The summed E-state index contributed by atoms with van der Waals surface area (Å²) in [4.78, 5) is 21.1. The van der Waals surface area contributed by atoms with Gasteiger partial charge in [-0.1, -0.05) is 0 Å². The molecule has 3 aromatic rings. The van der Waals surface area contributed by atoms with Crippen molar-refractivity contribution < 1.29 is 33.7 Å². The minimum Gasteiger partial charge on any atom is -0.456 e. The summed E-state index contributed by atoms with van der Waals surface area (Å²) in [7, 11) is 0. The summed E-state index contributed by atoms with van der Waals surface area (Å²) in [6.07, 6.45) is -2.84. The van der Waals surface area contributed by atoms with Crippen LogP contribution in [-0.4, -0.2) is 22.5 Å². The number of carbonyl (C=O) groups is 2. The van der Waals surface area contributed by atoms with Gasteiger partial charge in [-0.3, -0.25) is 0 Å².